The summed E-state index contributed by atoms with van der Waals surface area (Å²) in [5, 5.41) is 3.24. The molecule has 5 heteroatoms. The van der Waals surface area contributed by atoms with E-state index in [-0.39, 0.29) is 11.7 Å². The molecule has 1 fully saturated rings. The fourth-order valence-corrected chi connectivity index (χ4v) is 2.56. The topological polar surface area (TPSA) is 58.4 Å². The molecular formula is C14H20FN3O. The summed E-state index contributed by atoms with van der Waals surface area (Å²) in [6.45, 7) is 5.06. The molecule has 0 aromatic heterocycles. The number of rotatable bonds is 4. The summed E-state index contributed by atoms with van der Waals surface area (Å²) in [6.07, 6.45) is 0.431. The van der Waals surface area contributed by atoms with Crippen molar-refractivity contribution in [2.75, 3.05) is 26.2 Å². The van der Waals surface area contributed by atoms with E-state index in [1.54, 1.807) is 6.07 Å². The third kappa shape index (κ3) is 3.11. The Balaban J connectivity index is 2.21. The van der Waals surface area contributed by atoms with E-state index in [1.165, 1.54) is 12.1 Å². The van der Waals surface area contributed by atoms with Crippen LogP contribution in [0.2, 0.25) is 0 Å². The molecule has 1 aliphatic rings. The fraction of sp³-hybridized carbons (Fsp3) is 0.500. The minimum absolute atomic E-state index is 0.287. The van der Waals surface area contributed by atoms with Gasteiger partial charge in [-0.3, -0.25) is 9.69 Å². The molecule has 0 bridgehead atoms. The average molecular weight is 265 g/mol. The smallest absolute Gasteiger partial charge is 0.238 e. The average Bonchev–Trinajstić information content (AvgIpc) is 2.39. The number of hydrogen-bond acceptors (Lipinski definition) is 3. The van der Waals surface area contributed by atoms with Crippen LogP contribution >= 0.6 is 0 Å². The highest BCUT2D eigenvalue weighted by molar-refractivity contribution is 5.84. The van der Waals surface area contributed by atoms with Crippen molar-refractivity contribution in [3.63, 3.8) is 0 Å². The van der Waals surface area contributed by atoms with E-state index in [0.717, 1.165) is 31.7 Å². The Bertz CT molecular complexity index is 460. The van der Waals surface area contributed by atoms with Gasteiger partial charge in [-0.05, 0) is 31.0 Å². The highest BCUT2D eigenvalue weighted by Gasteiger charge is 2.38. The second-order valence-electron chi connectivity index (χ2n) is 5.18. The Morgan fingerprint density at radius 1 is 1.47 bits per heavy atom. The molecule has 0 saturated carbocycles. The molecule has 104 valence electrons. The van der Waals surface area contributed by atoms with Gasteiger partial charge in [0.2, 0.25) is 5.91 Å². The first-order valence-corrected chi connectivity index (χ1v) is 6.52. The predicted octanol–water partition coefficient (Wildman–Crippen LogP) is 0.517. The number of halogens is 1. The van der Waals surface area contributed by atoms with Gasteiger partial charge >= 0.3 is 0 Å². The number of nitrogens with zero attached hydrogens (tertiary/aromatic N) is 1. The van der Waals surface area contributed by atoms with Gasteiger partial charge in [-0.15, -0.1) is 0 Å². The van der Waals surface area contributed by atoms with Crippen LogP contribution in [0.5, 0.6) is 0 Å². The van der Waals surface area contributed by atoms with Crippen LogP contribution in [0.3, 0.4) is 0 Å². The van der Waals surface area contributed by atoms with Crippen LogP contribution in [-0.2, 0) is 11.2 Å². The first kappa shape index (κ1) is 14.0. The molecule has 3 N–H and O–H groups in total. The number of piperazine rings is 1. The van der Waals surface area contributed by atoms with Gasteiger partial charge in [0.1, 0.15) is 11.4 Å². The molecule has 0 radical (unpaired) electrons. The van der Waals surface area contributed by atoms with Crippen LogP contribution in [0.15, 0.2) is 24.3 Å². The predicted molar refractivity (Wildman–Crippen MR) is 72.1 cm³/mol. The van der Waals surface area contributed by atoms with Crippen molar-refractivity contribution in [3.05, 3.63) is 35.6 Å². The Labute approximate surface area is 112 Å². The van der Waals surface area contributed by atoms with Crippen LogP contribution in [0.1, 0.15) is 12.5 Å². The zero-order valence-electron chi connectivity index (χ0n) is 11.2. The number of nitrogens with two attached hydrogens (primary N) is 1. The molecule has 1 heterocycles. The molecule has 0 spiro atoms. The fourth-order valence-electron chi connectivity index (χ4n) is 2.56. The second kappa shape index (κ2) is 5.67. The van der Waals surface area contributed by atoms with Gasteiger partial charge in [-0.1, -0.05) is 12.1 Å². The number of primary amides is 1. The van der Waals surface area contributed by atoms with Crippen molar-refractivity contribution < 1.29 is 9.18 Å². The molecule has 1 aromatic rings. The molecular weight excluding hydrogens is 245 g/mol. The van der Waals surface area contributed by atoms with Crippen molar-refractivity contribution in [2.45, 2.75) is 18.9 Å². The maximum atomic E-state index is 13.2. The summed E-state index contributed by atoms with van der Waals surface area (Å²) in [7, 11) is 0. The number of carbonyl (C=O) groups is 1. The summed E-state index contributed by atoms with van der Waals surface area (Å²) in [4.78, 5) is 14.0. The minimum Gasteiger partial charge on any atom is -0.368 e. The van der Waals surface area contributed by atoms with E-state index < -0.39 is 5.54 Å². The zero-order chi connectivity index (χ0) is 13.9. The van der Waals surface area contributed by atoms with Crippen LogP contribution in [0.25, 0.3) is 0 Å². The lowest BCUT2D eigenvalue weighted by molar-refractivity contribution is -0.129. The molecule has 1 atom stereocenters. The molecule has 2 rings (SSSR count). The summed E-state index contributed by atoms with van der Waals surface area (Å²) >= 11 is 0. The minimum atomic E-state index is -0.768. The number of amides is 1. The van der Waals surface area contributed by atoms with Crippen LogP contribution in [0, 0.1) is 5.82 Å². The first-order valence-electron chi connectivity index (χ1n) is 6.52. The van der Waals surface area contributed by atoms with Crippen molar-refractivity contribution in [1.82, 2.24) is 10.2 Å². The van der Waals surface area contributed by atoms with E-state index in [4.69, 9.17) is 5.73 Å². The van der Waals surface area contributed by atoms with E-state index >= 15 is 0 Å². The van der Waals surface area contributed by atoms with Gasteiger partial charge in [0, 0.05) is 26.2 Å². The van der Waals surface area contributed by atoms with Crippen molar-refractivity contribution in [1.29, 1.82) is 0 Å². The van der Waals surface area contributed by atoms with Crippen molar-refractivity contribution in [3.8, 4) is 0 Å². The van der Waals surface area contributed by atoms with Crippen molar-refractivity contribution in [2.24, 2.45) is 5.73 Å². The van der Waals surface area contributed by atoms with Gasteiger partial charge in [0.15, 0.2) is 0 Å². The van der Waals surface area contributed by atoms with E-state index in [0.29, 0.717) is 6.42 Å². The number of hydrogen-bond donors (Lipinski definition) is 2. The lowest BCUT2D eigenvalue weighted by Crippen LogP contribution is -2.61. The molecule has 4 nitrogen and oxygen atoms in total. The van der Waals surface area contributed by atoms with Crippen LogP contribution < -0.4 is 11.1 Å². The normalized spacial score (nSPS) is 19.9. The Hall–Kier alpha value is -1.46. The first-order chi connectivity index (χ1) is 9.02. The second-order valence-corrected chi connectivity index (χ2v) is 5.18. The maximum Gasteiger partial charge on any atom is 0.238 e. The van der Waals surface area contributed by atoms with Gasteiger partial charge in [-0.25, -0.2) is 4.39 Å². The largest absolute Gasteiger partial charge is 0.368 e. The van der Waals surface area contributed by atoms with Gasteiger partial charge in [-0.2, -0.15) is 0 Å². The van der Waals surface area contributed by atoms with Crippen molar-refractivity contribution >= 4 is 5.91 Å². The lowest BCUT2D eigenvalue weighted by atomic mass is 9.89. The Morgan fingerprint density at radius 2 is 2.16 bits per heavy atom. The molecule has 1 amide bonds. The quantitative estimate of drug-likeness (QED) is 0.834. The standard InChI is InChI=1S/C14H20FN3O/c1-14(13(16)19,18-7-5-17-6-8-18)10-11-3-2-4-12(15)9-11/h2-4,9,17H,5-8,10H2,1H3,(H2,16,19). The lowest BCUT2D eigenvalue weighted by Gasteiger charge is -2.41. The summed E-state index contributed by atoms with van der Waals surface area (Å²) < 4.78 is 13.2. The number of carbonyl (C=O) groups excluding carboxylic acids is 1. The number of nitrogens with one attached hydrogen (secondary N) is 1. The molecule has 1 aromatic carbocycles. The number of benzene rings is 1. The summed E-state index contributed by atoms with van der Waals surface area (Å²) in [5.74, 6) is -0.650. The Kier molecular flexibility index (Phi) is 4.17. The molecule has 19 heavy (non-hydrogen) atoms. The van der Waals surface area contributed by atoms with Gasteiger partial charge < -0.3 is 11.1 Å². The highest BCUT2D eigenvalue weighted by Crippen LogP contribution is 2.22. The van der Waals surface area contributed by atoms with Crippen LogP contribution in [0.4, 0.5) is 4.39 Å². The summed E-state index contributed by atoms with van der Waals surface area (Å²) in [6, 6.07) is 6.34. The monoisotopic (exact) mass is 265 g/mol. The van der Waals surface area contributed by atoms with E-state index in [9.17, 15) is 9.18 Å². The Morgan fingerprint density at radius 3 is 2.74 bits per heavy atom. The van der Waals surface area contributed by atoms with Crippen LogP contribution in [-0.4, -0.2) is 42.5 Å². The van der Waals surface area contributed by atoms with Gasteiger partial charge in [0.05, 0.1) is 0 Å². The molecule has 0 aliphatic carbocycles. The summed E-state index contributed by atoms with van der Waals surface area (Å²) in [5.41, 5.74) is 5.62. The van der Waals surface area contributed by atoms with Gasteiger partial charge in [0.25, 0.3) is 0 Å². The molecule has 1 saturated heterocycles. The highest BCUT2D eigenvalue weighted by atomic mass is 19.1. The SMILES string of the molecule is CC(Cc1cccc(F)c1)(C(N)=O)N1CCNCC1. The molecule has 1 aliphatic heterocycles. The van der Waals surface area contributed by atoms with E-state index in [2.05, 4.69) is 10.2 Å². The third-order valence-electron chi connectivity index (χ3n) is 3.78. The third-order valence-corrected chi connectivity index (χ3v) is 3.78. The maximum absolute atomic E-state index is 13.2. The zero-order valence-corrected chi connectivity index (χ0v) is 11.2. The molecule has 1 unspecified atom stereocenters. The van der Waals surface area contributed by atoms with E-state index in [1.807, 2.05) is 13.0 Å².